The predicted octanol–water partition coefficient (Wildman–Crippen LogP) is 3.98. The average molecular weight is 312 g/mol. The number of nitrogens with two attached hydrogens (primary N) is 1. The van der Waals surface area contributed by atoms with E-state index in [1.807, 2.05) is 29.6 Å². The van der Waals surface area contributed by atoms with Crippen molar-refractivity contribution >= 4 is 28.4 Å². The predicted molar refractivity (Wildman–Crippen MR) is 89.6 cm³/mol. The Bertz CT molecular complexity index is 796. The summed E-state index contributed by atoms with van der Waals surface area (Å²) in [6.45, 7) is 0. The van der Waals surface area contributed by atoms with Crippen molar-refractivity contribution in [2.45, 2.75) is 0 Å². The Kier molecular flexibility index (Phi) is 4.11. The summed E-state index contributed by atoms with van der Waals surface area (Å²) >= 11 is 1.43. The van der Waals surface area contributed by atoms with Gasteiger partial charge >= 0.3 is 0 Å². The van der Waals surface area contributed by atoms with Crippen molar-refractivity contribution < 1.29 is 4.39 Å². The number of anilines is 2. The molecule has 4 nitrogen and oxygen atoms in total. The van der Waals surface area contributed by atoms with Crippen LogP contribution in [0.2, 0.25) is 0 Å². The van der Waals surface area contributed by atoms with Gasteiger partial charge in [-0.2, -0.15) is 5.10 Å². The van der Waals surface area contributed by atoms with Crippen LogP contribution in [0, 0.1) is 5.82 Å². The second-order valence-corrected chi connectivity index (χ2v) is 5.40. The largest absolute Gasteiger partial charge is 0.398 e. The number of hydrazone groups is 1. The van der Waals surface area contributed by atoms with Crippen LogP contribution in [0.25, 0.3) is 11.3 Å². The van der Waals surface area contributed by atoms with Gasteiger partial charge in [0.1, 0.15) is 5.82 Å². The highest BCUT2D eigenvalue weighted by atomic mass is 32.1. The number of rotatable bonds is 4. The van der Waals surface area contributed by atoms with Gasteiger partial charge < -0.3 is 5.73 Å². The molecule has 1 heterocycles. The van der Waals surface area contributed by atoms with Crippen LogP contribution < -0.4 is 11.2 Å². The fourth-order valence-corrected chi connectivity index (χ4v) is 2.53. The lowest BCUT2D eigenvalue weighted by atomic mass is 10.2. The van der Waals surface area contributed by atoms with E-state index in [1.54, 1.807) is 18.3 Å². The summed E-state index contributed by atoms with van der Waals surface area (Å²) in [5.74, 6) is -0.262. The molecule has 0 aliphatic heterocycles. The van der Waals surface area contributed by atoms with E-state index in [1.165, 1.54) is 23.5 Å². The third kappa shape index (κ3) is 3.29. The molecule has 0 atom stereocenters. The number of benzene rings is 2. The molecule has 3 aromatic rings. The molecule has 0 aliphatic carbocycles. The molecule has 0 saturated carbocycles. The molecule has 3 rings (SSSR count). The van der Waals surface area contributed by atoms with Gasteiger partial charge in [-0.25, -0.2) is 9.37 Å². The van der Waals surface area contributed by atoms with Gasteiger partial charge in [-0.3, -0.25) is 5.43 Å². The number of nitrogen functional groups attached to an aromatic ring is 1. The standard InChI is InChI=1S/C16H13FN4S/c17-13-7-5-11(6-8-13)15-10-22-16(20-15)21-19-9-12-3-1-2-4-14(12)18/h1-10H,18H2,(H,20,21). The Hall–Kier alpha value is -2.73. The SMILES string of the molecule is Nc1ccccc1C=NNc1nc(-c2ccc(F)cc2)cs1. The molecule has 110 valence electrons. The molecule has 0 amide bonds. The minimum absolute atomic E-state index is 0.262. The normalized spacial score (nSPS) is 11.0. The van der Waals surface area contributed by atoms with Crippen molar-refractivity contribution in [1.82, 2.24) is 4.98 Å². The van der Waals surface area contributed by atoms with Crippen LogP contribution >= 0.6 is 11.3 Å². The first kappa shape index (κ1) is 14.2. The molecule has 1 aromatic heterocycles. The van der Waals surface area contributed by atoms with Gasteiger partial charge in [-0.15, -0.1) is 11.3 Å². The fraction of sp³-hybridized carbons (Fsp3) is 0. The van der Waals surface area contributed by atoms with E-state index in [-0.39, 0.29) is 5.82 Å². The summed E-state index contributed by atoms with van der Waals surface area (Å²) in [7, 11) is 0. The number of hydrogen-bond donors (Lipinski definition) is 2. The summed E-state index contributed by atoms with van der Waals surface area (Å²) in [5, 5.41) is 6.68. The van der Waals surface area contributed by atoms with Gasteiger partial charge in [0.25, 0.3) is 0 Å². The molecule has 2 aromatic carbocycles. The van der Waals surface area contributed by atoms with Gasteiger partial charge in [-0.05, 0) is 30.3 Å². The van der Waals surface area contributed by atoms with Crippen molar-refractivity contribution in [3.05, 3.63) is 65.3 Å². The second-order valence-electron chi connectivity index (χ2n) is 4.54. The third-order valence-corrected chi connectivity index (χ3v) is 3.75. The van der Waals surface area contributed by atoms with E-state index in [9.17, 15) is 4.39 Å². The third-order valence-electron chi connectivity index (χ3n) is 3.00. The summed E-state index contributed by atoms with van der Waals surface area (Å²) in [5.41, 5.74) is 11.8. The summed E-state index contributed by atoms with van der Waals surface area (Å²) in [4.78, 5) is 4.40. The maximum Gasteiger partial charge on any atom is 0.203 e. The number of nitrogens with one attached hydrogen (secondary N) is 1. The lowest BCUT2D eigenvalue weighted by Crippen LogP contribution is -1.94. The van der Waals surface area contributed by atoms with Gasteiger partial charge in [-0.1, -0.05) is 18.2 Å². The number of nitrogens with zero attached hydrogens (tertiary/aromatic N) is 2. The van der Waals surface area contributed by atoms with Gasteiger partial charge in [0.2, 0.25) is 5.13 Å². The van der Waals surface area contributed by atoms with Gasteiger partial charge in [0.15, 0.2) is 0 Å². The number of aromatic nitrogens is 1. The molecular formula is C16H13FN4S. The summed E-state index contributed by atoms with van der Waals surface area (Å²) in [6, 6.07) is 13.7. The van der Waals surface area contributed by atoms with Crippen LogP contribution in [-0.2, 0) is 0 Å². The second kappa shape index (κ2) is 6.36. The van der Waals surface area contributed by atoms with E-state index in [0.717, 1.165) is 16.8 Å². The zero-order valence-electron chi connectivity index (χ0n) is 11.5. The van der Waals surface area contributed by atoms with Gasteiger partial charge in [0.05, 0.1) is 11.9 Å². The molecule has 0 fully saturated rings. The number of halogens is 1. The Morgan fingerprint density at radius 1 is 1.14 bits per heavy atom. The Morgan fingerprint density at radius 3 is 2.68 bits per heavy atom. The van der Waals surface area contributed by atoms with Crippen molar-refractivity contribution in [1.29, 1.82) is 0 Å². The van der Waals surface area contributed by atoms with E-state index >= 15 is 0 Å². The molecule has 0 bridgehead atoms. The first-order chi connectivity index (χ1) is 10.7. The van der Waals surface area contributed by atoms with Crippen LogP contribution in [0.4, 0.5) is 15.2 Å². The van der Waals surface area contributed by atoms with E-state index in [0.29, 0.717) is 10.8 Å². The van der Waals surface area contributed by atoms with Crippen LogP contribution in [0.15, 0.2) is 59.0 Å². The van der Waals surface area contributed by atoms with Crippen LogP contribution in [0.1, 0.15) is 5.56 Å². The van der Waals surface area contributed by atoms with E-state index in [4.69, 9.17) is 5.73 Å². The maximum atomic E-state index is 12.9. The minimum Gasteiger partial charge on any atom is -0.398 e. The van der Waals surface area contributed by atoms with Crippen LogP contribution in [0.3, 0.4) is 0 Å². The molecule has 0 unspecified atom stereocenters. The first-order valence-corrected chi connectivity index (χ1v) is 7.45. The van der Waals surface area contributed by atoms with E-state index < -0.39 is 0 Å². The topological polar surface area (TPSA) is 63.3 Å². The first-order valence-electron chi connectivity index (χ1n) is 6.57. The van der Waals surface area contributed by atoms with Crippen molar-refractivity contribution in [2.75, 3.05) is 11.2 Å². The Labute approximate surface area is 131 Å². The summed E-state index contributed by atoms with van der Waals surface area (Å²) in [6.07, 6.45) is 1.65. The number of thiazole rings is 1. The molecule has 3 N–H and O–H groups in total. The highest BCUT2D eigenvalue weighted by molar-refractivity contribution is 7.14. The highest BCUT2D eigenvalue weighted by Gasteiger charge is 2.04. The van der Waals surface area contributed by atoms with Crippen molar-refractivity contribution in [3.8, 4) is 11.3 Å². The Balaban J connectivity index is 1.70. The van der Waals surface area contributed by atoms with Crippen molar-refractivity contribution in [3.63, 3.8) is 0 Å². The lowest BCUT2D eigenvalue weighted by molar-refractivity contribution is 0.628. The minimum atomic E-state index is -0.262. The Morgan fingerprint density at radius 2 is 1.91 bits per heavy atom. The van der Waals surface area contributed by atoms with Crippen LogP contribution in [-0.4, -0.2) is 11.2 Å². The smallest absolute Gasteiger partial charge is 0.203 e. The van der Waals surface area contributed by atoms with Gasteiger partial charge in [0, 0.05) is 22.2 Å². The lowest BCUT2D eigenvalue weighted by Gasteiger charge is -1.98. The van der Waals surface area contributed by atoms with Crippen LogP contribution in [0.5, 0.6) is 0 Å². The zero-order valence-corrected chi connectivity index (χ0v) is 12.3. The molecule has 0 spiro atoms. The molecule has 0 aliphatic rings. The zero-order chi connectivity index (χ0) is 15.4. The average Bonchev–Trinajstić information content (AvgIpc) is 2.99. The molecule has 22 heavy (non-hydrogen) atoms. The summed E-state index contributed by atoms with van der Waals surface area (Å²) < 4.78 is 12.9. The van der Waals surface area contributed by atoms with E-state index in [2.05, 4.69) is 15.5 Å². The highest BCUT2D eigenvalue weighted by Crippen LogP contribution is 2.24. The fourth-order valence-electron chi connectivity index (χ4n) is 1.86. The number of para-hydroxylation sites is 1. The molecule has 0 saturated heterocycles. The molecular weight excluding hydrogens is 299 g/mol. The quantitative estimate of drug-likeness (QED) is 0.435. The molecule has 0 radical (unpaired) electrons. The van der Waals surface area contributed by atoms with Crippen molar-refractivity contribution in [2.24, 2.45) is 5.10 Å². The monoisotopic (exact) mass is 312 g/mol. The number of hydrogen-bond acceptors (Lipinski definition) is 5. The molecule has 6 heteroatoms. The maximum absolute atomic E-state index is 12.9.